The molecule has 3 aromatic rings. The fourth-order valence-electron chi connectivity index (χ4n) is 4.02. The molecule has 2 aromatic heterocycles. The minimum Gasteiger partial charge on any atom is -0.489 e. The van der Waals surface area contributed by atoms with E-state index in [4.69, 9.17) is 4.74 Å². The number of ether oxygens (including phenoxy) is 1. The Labute approximate surface area is 204 Å². The molecule has 0 radical (unpaired) electrons. The predicted octanol–water partition coefficient (Wildman–Crippen LogP) is 5.03. The Balaban J connectivity index is 1.45. The van der Waals surface area contributed by atoms with Crippen LogP contribution in [0.15, 0.2) is 30.7 Å². The molecule has 3 heterocycles. The molecule has 7 nitrogen and oxygen atoms in total. The van der Waals surface area contributed by atoms with Gasteiger partial charge in [0.2, 0.25) is 5.82 Å². The number of aryl methyl sites for hydroxylation is 1. The molecule has 1 amide bonds. The van der Waals surface area contributed by atoms with Gasteiger partial charge in [0.25, 0.3) is 5.91 Å². The van der Waals surface area contributed by atoms with Crippen LogP contribution in [-0.4, -0.2) is 40.6 Å². The number of halogens is 3. The van der Waals surface area contributed by atoms with Crippen LogP contribution in [-0.2, 0) is 6.18 Å². The van der Waals surface area contributed by atoms with E-state index in [1.807, 2.05) is 13.0 Å². The summed E-state index contributed by atoms with van der Waals surface area (Å²) in [4.78, 5) is 27.9. The number of rotatable bonds is 6. The lowest BCUT2D eigenvalue weighted by Crippen LogP contribution is -2.35. The van der Waals surface area contributed by atoms with Crippen molar-refractivity contribution in [3.05, 3.63) is 52.6 Å². The van der Waals surface area contributed by atoms with Gasteiger partial charge in [-0.3, -0.25) is 4.79 Å². The van der Waals surface area contributed by atoms with E-state index >= 15 is 0 Å². The number of nitrogens with one attached hydrogen (secondary N) is 1. The van der Waals surface area contributed by atoms with Crippen molar-refractivity contribution in [2.45, 2.75) is 38.9 Å². The van der Waals surface area contributed by atoms with E-state index in [2.05, 4.69) is 25.2 Å². The third-order valence-corrected chi connectivity index (χ3v) is 7.03. The molecule has 2 aliphatic rings. The average molecular weight is 504 g/mol. The first-order valence-corrected chi connectivity index (χ1v) is 12.2. The Hall–Kier alpha value is -3.21. The number of amides is 1. The quantitative estimate of drug-likeness (QED) is 0.509. The van der Waals surface area contributed by atoms with Crippen LogP contribution in [0, 0.1) is 12.8 Å². The number of carbonyl (C=O) groups excluding carboxylic acids is 1. The van der Waals surface area contributed by atoms with E-state index in [1.54, 1.807) is 19.2 Å². The molecule has 0 unspecified atom stereocenters. The van der Waals surface area contributed by atoms with E-state index in [0.29, 0.717) is 23.7 Å². The summed E-state index contributed by atoms with van der Waals surface area (Å²) < 4.78 is 44.4. The number of hydrogen-bond acceptors (Lipinski definition) is 7. The van der Waals surface area contributed by atoms with Crippen LogP contribution < -0.4 is 15.0 Å². The van der Waals surface area contributed by atoms with Gasteiger partial charge in [-0.25, -0.2) is 15.0 Å². The minimum atomic E-state index is -4.62. The monoisotopic (exact) mass is 503 g/mol. The highest BCUT2D eigenvalue weighted by Crippen LogP contribution is 2.44. The van der Waals surface area contributed by atoms with Gasteiger partial charge in [-0.05, 0) is 44.7 Å². The molecule has 0 saturated heterocycles. The summed E-state index contributed by atoms with van der Waals surface area (Å²) in [7, 11) is 0. The molecule has 1 atom stereocenters. The van der Waals surface area contributed by atoms with Gasteiger partial charge in [-0.1, -0.05) is 0 Å². The van der Waals surface area contributed by atoms with Crippen LogP contribution >= 0.6 is 11.3 Å². The smallest absolute Gasteiger partial charge is 0.451 e. The predicted molar refractivity (Wildman–Crippen MR) is 126 cm³/mol. The zero-order valence-electron chi connectivity index (χ0n) is 19.2. The molecule has 1 aliphatic heterocycles. The summed E-state index contributed by atoms with van der Waals surface area (Å²) in [6, 6.07) is 3.00. The van der Waals surface area contributed by atoms with Gasteiger partial charge in [-0.15, -0.1) is 11.3 Å². The molecule has 1 aliphatic carbocycles. The number of fused-ring (bicyclic) bond motifs is 1. The lowest BCUT2D eigenvalue weighted by Gasteiger charge is -2.33. The summed E-state index contributed by atoms with van der Waals surface area (Å²) in [5.41, 5.74) is 2.43. The highest BCUT2D eigenvalue weighted by molar-refractivity contribution is 7.15. The van der Waals surface area contributed by atoms with Crippen molar-refractivity contribution < 1.29 is 22.7 Å². The molecule has 1 N–H and O–H groups in total. The second kappa shape index (κ2) is 9.10. The van der Waals surface area contributed by atoms with Crippen LogP contribution in [0.25, 0.3) is 10.6 Å². The van der Waals surface area contributed by atoms with Crippen LogP contribution in [0.2, 0.25) is 0 Å². The maximum atomic E-state index is 13.3. The fraction of sp³-hybridized carbons (Fsp3) is 0.417. The highest BCUT2D eigenvalue weighted by atomic mass is 32.1. The van der Waals surface area contributed by atoms with Gasteiger partial charge in [0.1, 0.15) is 11.6 Å². The minimum absolute atomic E-state index is 0.355. The number of aromatic nitrogens is 3. The fourth-order valence-corrected chi connectivity index (χ4v) is 4.80. The van der Waals surface area contributed by atoms with Crippen molar-refractivity contribution in [3.63, 3.8) is 0 Å². The largest absolute Gasteiger partial charge is 0.489 e. The molecule has 0 bridgehead atoms. The van der Waals surface area contributed by atoms with Crippen molar-refractivity contribution >= 4 is 22.9 Å². The van der Waals surface area contributed by atoms with E-state index in [1.165, 1.54) is 24.2 Å². The Morgan fingerprint density at radius 1 is 1.23 bits per heavy atom. The first-order chi connectivity index (χ1) is 16.7. The average Bonchev–Trinajstić information content (AvgIpc) is 3.54. The SMILES string of the molecule is Cc1cnc(-c2cc(C(=O)N[C@H](C)c3cnc(C(F)(F)F)nc3)cc3c2OCCN3CC2CC2)s1. The molecule has 1 fully saturated rings. The number of anilines is 1. The Morgan fingerprint density at radius 3 is 2.60 bits per heavy atom. The van der Waals surface area contributed by atoms with Crippen LogP contribution in [0.3, 0.4) is 0 Å². The van der Waals surface area contributed by atoms with E-state index in [9.17, 15) is 18.0 Å². The molecular formula is C24H24F3N5O2S. The lowest BCUT2D eigenvalue weighted by molar-refractivity contribution is -0.145. The number of alkyl halides is 3. The first kappa shape index (κ1) is 23.5. The molecule has 35 heavy (non-hydrogen) atoms. The third-order valence-electron chi connectivity index (χ3n) is 6.08. The normalized spacial score (nSPS) is 16.4. The summed E-state index contributed by atoms with van der Waals surface area (Å²) >= 11 is 1.53. The molecule has 1 saturated carbocycles. The van der Waals surface area contributed by atoms with Crippen LogP contribution in [0.4, 0.5) is 18.9 Å². The van der Waals surface area contributed by atoms with Crippen molar-refractivity contribution in [3.8, 4) is 16.3 Å². The van der Waals surface area contributed by atoms with Gasteiger partial charge in [0, 0.05) is 41.1 Å². The maximum Gasteiger partial charge on any atom is 0.451 e. The van der Waals surface area contributed by atoms with Gasteiger partial charge in [-0.2, -0.15) is 13.2 Å². The third kappa shape index (κ3) is 5.09. The Bertz CT molecular complexity index is 1240. The summed E-state index contributed by atoms with van der Waals surface area (Å²) in [6.07, 6.45) is 1.76. The summed E-state index contributed by atoms with van der Waals surface area (Å²) in [6.45, 7) is 5.86. The molecule has 0 spiro atoms. The number of nitrogens with zero attached hydrogens (tertiary/aromatic N) is 4. The molecular weight excluding hydrogens is 479 g/mol. The van der Waals surface area contributed by atoms with E-state index in [-0.39, 0.29) is 5.91 Å². The van der Waals surface area contributed by atoms with Gasteiger partial charge in [0.05, 0.1) is 23.8 Å². The number of thiazole rings is 1. The zero-order valence-corrected chi connectivity index (χ0v) is 20.0. The van der Waals surface area contributed by atoms with Crippen molar-refractivity contribution in [2.24, 2.45) is 5.92 Å². The molecule has 11 heteroatoms. The van der Waals surface area contributed by atoms with Crippen molar-refractivity contribution in [2.75, 3.05) is 24.6 Å². The second-order valence-electron chi connectivity index (χ2n) is 8.92. The standard InChI is InChI=1S/C24H24F3N5O2S/c1-13-9-28-22(35-13)18-7-16(8-19-20(18)34-6-5-32(19)12-15-3-4-15)21(33)31-14(2)17-10-29-23(30-11-17)24(25,26)27/h7-11,14-15H,3-6,12H2,1-2H3,(H,31,33)/t14-/m1/s1. The van der Waals surface area contributed by atoms with Crippen LogP contribution in [0.1, 0.15) is 52.4 Å². The number of carbonyl (C=O) groups is 1. The lowest BCUT2D eigenvalue weighted by atomic mass is 10.0. The Kier molecular flexibility index (Phi) is 6.12. The molecule has 5 rings (SSSR count). The van der Waals surface area contributed by atoms with Gasteiger partial charge < -0.3 is 15.0 Å². The molecule has 184 valence electrons. The van der Waals surface area contributed by atoms with Gasteiger partial charge >= 0.3 is 6.18 Å². The molecule has 1 aromatic carbocycles. The maximum absolute atomic E-state index is 13.3. The number of benzene rings is 1. The summed E-state index contributed by atoms with van der Waals surface area (Å²) in [5.74, 6) is -0.184. The first-order valence-electron chi connectivity index (χ1n) is 11.4. The van der Waals surface area contributed by atoms with Crippen molar-refractivity contribution in [1.82, 2.24) is 20.3 Å². The second-order valence-corrected chi connectivity index (χ2v) is 10.2. The summed E-state index contributed by atoms with van der Waals surface area (Å²) in [5, 5.41) is 3.62. The van der Waals surface area contributed by atoms with Crippen molar-refractivity contribution in [1.29, 1.82) is 0 Å². The topological polar surface area (TPSA) is 80.2 Å². The van der Waals surface area contributed by atoms with E-state index < -0.39 is 18.0 Å². The van der Waals surface area contributed by atoms with Gasteiger partial charge in [0.15, 0.2) is 5.75 Å². The highest BCUT2D eigenvalue weighted by Gasteiger charge is 2.34. The number of hydrogen-bond donors (Lipinski definition) is 1. The van der Waals surface area contributed by atoms with E-state index in [0.717, 1.165) is 52.4 Å². The Morgan fingerprint density at radius 2 is 1.97 bits per heavy atom. The zero-order chi connectivity index (χ0) is 24.7. The van der Waals surface area contributed by atoms with Crippen LogP contribution in [0.5, 0.6) is 5.75 Å².